The molecule has 0 amide bonds. The van der Waals surface area contributed by atoms with Crippen molar-refractivity contribution in [1.29, 1.82) is 0 Å². The molecule has 0 saturated heterocycles. The number of rotatable bonds is 4. The molecule has 0 aliphatic rings. The largest absolute Gasteiger partial charge is 0.465 e. The number of nitrogens with two attached hydrogens (primary N) is 1. The summed E-state index contributed by atoms with van der Waals surface area (Å²) in [6.07, 6.45) is 0. The summed E-state index contributed by atoms with van der Waals surface area (Å²) in [7, 11) is 1.26. The van der Waals surface area contributed by atoms with Crippen molar-refractivity contribution in [3.8, 4) is 0 Å². The van der Waals surface area contributed by atoms with Gasteiger partial charge in [0, 0.05) is 0 Å². The highest BCUT2D eigenvalue weighted by Crippen LogP contribution is 2.19. The van der Waals surface area contributed by atoms with Gasteiger partial charge >= 0.3 is 11.9 Å². The van der Waals surface area contributed by atoms with Crippen LogP contribution in [0.5, 0.6) is 0 Å². The molecule has 1 heterocycles. The van der Waals surface area contributed by atoms with Crippen LogP contribution in [-0.4, -0.2) is 40.1 Å². The Morgan fingerprint density at radius 3 is 2.60 bits per heavy atom. The fourth-order valence-corrected chi connectivity index (χ4v) is 2.71. The first-order chi connectivity index (χ1) is 11.6. The number of esters is 2. The van der Waals surface area contributed by atoms with Crippen molar-refractivity contribution in [2.75, 3.05) is 18.7 Å². The zero-order valence-electron chi connectivity index (χ0n) is 14.4. The van der Waals surface area contributed by atoms with Crippen LogP contribution in [0, 0.1) is 0 Å². The number of aromatic nitrogens is 2. The molecular formula is C16H19N3O5S. The quantitative estimate of drug-likeness (QED) is 0.374. The van der Waals surface area contributed by atoms with Gasteiger partial charge < -0.3 is 15.3 Å². The van der Waals surface area contributed by atoms with Crippen LogP contribution >= 0.6 is 11.8 Å². The van der Waals surface area contributed by atoms with E-state index in [0.717, 1.165) is 16.4 Å². The number of thioether (sulfide) groups is 1. The van der Waals surface area contributed by atoms with Gasteiger partial charge in [0.2, 0.25) is 0 Å². The molecule has 1 aromatic carbocycles. The number of hydrogen-bond donors (Lipinski definition) is 1. The molecule has 0 aliphatic carbocycles. The summed E-state index contributed by atoms with van der Waals surface area (Å²) in [6.45, 7) is 5.28. The Hall–Kier alpha value is -2.55. The Kier molecular flexibility index (Phi) is 5.36. The maximum atomic E-state index is 12.3. The summed E-state index contributed by atoms with van der Waals surface area (Å²) in [4.78, 5) is 40.0. The lowest BCUT2D eigenvalue weighted by Gasteiger charge is -2.19. The maximum Gasteiger partial charge on any atom is 0.337 e. The second-order valence-electron chi connectivity index (χ2n) is 6.17. The Labute approximate surface area is 148 Å². The van der Waals surface area contributed by atoms with E-state index in [1.165, 1.54) is 25.3 Å². The lowest BCUT2D eigenvalue weighted by atomic mass is 10.1. The fourth-order valence-electron chi connectivity index (χ4n) is 2.02. The first kappa shape index (κ1) is 18.8. The zero-order chi connectivity index (χ0) is 18.8. The fraction of sp³-hybridized carbons (Fsp3) is 0.375. The molecule has 9 heteroatoms. The maximum absolute atomic E-state index is 12.3. The van der Waals surface area contributed by atoms with Crippen LogP contribution in [0.2, 0.25) is 0 Å². The highest BCUT2D eigenvalue weighted by atomic mass is 32.2. The third-order valence-corrected chi connectivity index (χ3v) is 3.96. The number of fused-ring (bicyclic) bond motifs is 1. The van der Waals surface area contributed by atoms with Gasteiger partial charge in [0.05, 0.1) is 29.3 Å². The minimum atomic E-state index is -0.605. The molecule has 0 atom stereocenters. The molecule has 0 unspecified atom stereocenters. The van der Waals surface area contributed by atoms with Crippen LogP contribution < -0.4 is 11.4 Å². The predicted molar refractivity (Wildman–Crippen MR) is 94.1 cm³/mol. The van der Waals surface area contributed by atoms with Gasteiger partial charge in [-0.15, -0.1) is 0 Å². The second kappa shape index (κ2) is 7.14. The number of carbonyl (C=O) groups excluding carboxylic acids is 2. The van der Waals surface area contributed by atoms with Gasteiger partial charge in [-0.05, 0) is 39.0 Å². The highest BCUT2D eigenvalue weighted by Gasteiger charge is 2.18. The van der Waals surface area contributed by atoms with Gasteiger partial charge in [-0.1, -0.05) is 11.8 Å². The Bertz CT molecular complexity index is 886. The average Bonchev–Trinajstić information content (AvgIpc) is 2.54. The zero-order valence-corrected chi connectivity index (χ0v) is 15.2. The number of benzene rings is 1. The first-order valence-corrected chi connectivity index (χ1v) is 8.36. The third-order valence-electron chi connectivity index (χ3n) is 3.03. The number of nitrogens with zero attached hydrogens (tertiary/aromatic N) is 2. The van der Waals surface area contributed by atoms with Crippen LogP contribution in [0.1, 0.15) is 31.1 Å². The van der Waals surface area contributed by atoms with Gasteiger partial charge in [0.25, 0.3) is 5.56 Å². The summed E-state index contributed by atoms with van der Waals surface area (Å²) in [5.41, 5.74) is -0.527. The van der Waals surface area contributed by atoms with Crippen LogP contribution in [0.15, 0.2) is 28.2 Å². The van der Waals surface area contributed by atoms with E-state index in [-0.39, 0.29) is 21.9 Å². The summed E-state index contributed by atoms with van der Waals surface area (Å²) in [5.74, 6) is 4.72. The minimum absolute atomic E-state index is 0.0525. The molecule has 2 rings (SSSR count). The van der Waals surface area contributed by atoms with E-state index >= 15 is 0 Å². The van der Waals surface area contributed by atoms with Gasteiger partial charge in [-0.2, -0.15) is 0 Å². The molecular weight excluding hydrogens is 346 g/mol. The van der Waals surface area contributed by atoms with Crippen molar-refractivity contribution in [1.82, 2.24) is 9.66 Å². The lowest BCUT2D eigenvalue weighted by molar-refractivity contribution is -0.151. The minimum Gasteiger partial charge on any atom is -0.465 e. The van der Waals surface area contributed by atoms with E-state index in [9.17, 15) is 14.4 Å². The Morgan fingerprint density at radius 2 is 2.00 bits per heavy atom. The van der Waals surface area contributed by atoms with Crippen LogP contribution in [0.25, 0.3) is 10.9 Å². The number of nitrogen functional groups attached to an aromatic ring is 1. The van der Waals surface area contributed by atoms with Crippen molar-refractivity contribution < 1.29 is 19.1 Å². The van der Waals surface area contributed by atoms with E-state index in [0.29, 0.717) is 5.52 Å². The molecule has 0 bridgehead atoms. The van der Waals surface area contributed by atoms with Crippen molar-refractivity contribution in [2.24, 2.45) is 0 Å². The van der Waals surface area contributed by atoms with Crippen LogP contribution in [-0.2, 0) is 14.3 Å². The number of methoxy groups -OCH3 is 1. The Morgan fingerprint density at radius 1 is 1.32 bits per heavy atom. The normalized spacial score (nSPS) is 11.4. The topological polar surface area (TPSA) is 114 Å². The SMILES string of the molecule is COC(=O)c1ccc2c(=O)n(N)c(SCC(=O)OC(C)(C)C)nc2c1. The van der Waals surface area contributed by atoms with Gasteiger partial charge in [-0.3, -0.25) is 9.59 Å². The molecule has 0 spiro atoms. The molecule has 0 fully saturated rings. The van der Waals surface area contributed by atoms with E-state index in [4.69, 9.17) is 10.6 Å². The molecule has 2 N–H and O–H groups in total. The summed E-state index contributed by atoms with van der Waals surface area (Å²) >= 11 is 0.981. The van der Waals surface area contributed by atoms with Gasteiger partial charge in [-0.25, -0.2) is 14.5 Å². The third kappa shape index (κ3) is 4.50. The van der Waals surface area contributed by atoms with Crippen molar-refractivity contribution >= 4 is 34.6 Å². The van der Waals surface area contributed by atoms with Crippen molar-refractivity contribution in [2.45, 2.75) is 31.5 Å². The molecule has 1 aromatic heterocycles. The highest BCUT2D eigenvalue weighted by molar-refractivity contribution is 7.99. The summed E-state index contributed by atoms with van der Waals surface area (Å²) in [5, 5.41) is 0.405. The average molecular weight is 365 g/mol. The number of hydrogen-bond acceptors (Lipinski definition) is 8. The molecule has 8 nitrogen and oxygen atoms in total. The van der Waals surface area contributed by atoms with E-state index in [1.54, 1.807) is 20.8 Å². The number of carbonyl (C=O) groups is 2. The second-order valence-corrected chi connectivity index (χ2v) is 7.11. The molecule has 0 radical (unpaired) electrons. The van der Waals surface area contributed by atoms with Crippen molar-refractivity contribution in [3.63, 3.8) is 0 Å². The van der Waals surface area contributed by atoms with Crippen LogP contribution in [0.4, 0.5) is 0 Å². The molecule has 0 aliphatic heterocycles. The Balaban J connectivity index is 2.33. The smallest absolute Gasteiger partial charge is 0.337 e. The molecule has 25 heavy (non-hydrogen) atoms. The molecule has 134 valence electrons. The van der Waals surface area contributed by atoms with Crippen LogP contribution in [0.3, 0.4) is 0 Å². The molecule has 2 aromatic rings. The van der Waals surface area contributed by atoms with E-state index < -0.39 is 23.1 Å². The summed E-state index contributed by atoms with van der Waals surface area (Å²) < 4.78 is 10.7. The van der Waals surface area contributed by atoms with Gasteiger partial charge in [0.15, 0.2) is 5.16 Å². The van der Waals surface area contributed by atoms with Crippen molar-refractivity contribution in [3.05, 3.63) is 34.1 Å². The predicted octanol–water partition coefficient (Wildman–Crippen LogP) is 1.33. The molecule has 0 saturated carbocycles. The van der Waals surface area contributed by atoms with Gasteiger partial charge in [0.1, 0.15) is 5.60 Å². The standard InChI is InChI=1S/C16H19N3O5S/c1-16(2,3)24-12(20)8-25-15-18-11-7-9(14(22)23-4)5-6-10(11)13(21)19(15)17/h5-7H,8,17H2,1-4H3. The first-order valence-electron chi connectivity index (χ1n) is 7.37. The monoisotopic (exact) mass is 365 g/mol. The summed E-state index contributed by atoms with van der Waals surface area (Å²) in [6, 6.07) is 4.37. The van der Waals surface area contributed by atoms with E-state index in [2.05, 4.69) is 9.72 Å². The van der Waals surface area contributed by atoms with E-state index in [1.807, 2.05) is 0 Å². The lowest BCUT2D eigenvalue weighted by Crippen LogP contribution is -2.30. The number of ether oxygens (including phenoxy) is 2.